The molecule has 2 heterocycles. The highest BCUT2D eigenvalue weighted by molar-refractivity contribution is 5.88. The fourth-order valence-corrected chi connectivity index (χ4v) is 5.94. The third kappa shape index (κ3) is 8.72. The Bertz CT molecular complexity index is 826. The molecular formula is C30H47N3O3. The summed E-state index contributed by atoms with van der Waals surface area (Å²) in [6.07, 6.45) is 22.5. The number of aliphatic hydroxyl groups is 1. The number of aliphatic hydroxyl groups excluding tert-OH is 1. The lowest BCUT2D eigenvalue weighted by Gasteiger charge is -2.36. The van der Waals surface area contributed by atoms with Gasteiger partial charge in [-0.25, -0.2) is 0 Å². The van der Waals surface area contributed by atoms with Crippen LogP contribution in [0, 0.1) is 11.8 Å². The standard InChI is InChI=1S/C30H47N3O3/c1-2-3-6-13-26(34)19-17-24-18-20-28(32-36)27(24)14-7-4-5-8-16-30(35)33-22-10-9-15-29(33)25-12-11-21-31-23-25/h11-12,17,19,21,23-24,26-27,29,34,36H,2-10,13-16,18,20,22H2,1H3. The first kappa shape index (κ1) is 28.4. The van der Waals surface area contributed by atoms with Crippen LogP contribution in [0.3, 0.4) is 0 Å². The Morgan fingerprint density at radius 2 is 2.06 bits per heavy atom. The van der Waals surface area contributed by atoms with Crippen LogP contribution in [0.5, 0.6) is 0 Å². The van der Waals surface area contributed by atoms with Crippen molar-refractivity contribution in [2.24, 2.45) is 17.0 Å². The quantitative estimate of drug-likeness (QED) is 0.128. The van der Waals surface area contributed by atoms with Crippen LogP contribution >= 0.6 is 0 Å². The van der Waals surface area contributed by atoms with Crippen LogP contribution < -0.4 is 0 Å². The summed E-state index contributed by atoms with van der Waals surface area (Å²) in [7, 11) is 0. The molecule has 0 radical (unpaired) electrons. The number of allylic oxidation sites excluding steroid dienone is 1. The SMILES string of the molecule is CCCCCC(O)C=CC1CCC(=NO)C1CCCCCCC(=O)N1CCCCC1c1cccnc1. The highest BCUT2D eigenvalue weighted by Gasteiger charge is 2.31. The molecule has 2 N–H and O–H groups in total. The lowest BCUT2D eigenvalue weighted by atomic mass is 9.89. The van der Waals surface area contributed by atoms with Crippen molar-refractivity contribution in [3.63, 3.8) is 0 Å². The number of piperidine rings is 1. The van der Waals surface area contributed by atoms with Crippen LogP contribution in [0.4, 0.5) is 0 Å². The van der Waals surface area contributed by atoms with E-state index in [0.717, 1.165) is 108 Å². The minimum Gasteiger partial charge on any atom is -0.411 e. The van der Waals surface area contributed by atoms with Gasteiger partial charge in [-0.3, -0.25) is 9.78 Å². The van der Waals surface area contributed by atoms with E-state index in [1.807, 2.05) is 18.3 Å². The van der Waals surface area contributed by atoms with Crippen molar-refractivity contribution in [1.82, 2.24) is 9.88 Å². The molecule has 1 aromatic heterocycles. The molecule has 1 aliphatic carbocycles. The van der Waals surface area contributed by atoms with Crippen LogP contribution in [-0.4, -0.2) is 44.5 Å². The molecule has 0 spiro atoms. The number of pyridine rings is 1. The zero-order valence-electron chi connectivity index (χ0n) is 22.2. The molecule has 2 aliphatic rings. The molecule has 1 aromatic rings. The van der Waals surface area contributed by atoms with E-state index in [-0.39, 0.29) is 24.0 Å². The Balaban J connectivity index is 1.38. The van der Waals surface area contributed by atoms with E-state index in [0.29, 0.717) is 12.3 Å². The molecule has 1 saturated heterocycles. The maximum absolute atomic E-state index is 13.0. The molecule has 0 aromatic carbocycles. The first-order chi connectivity index (χ1) is 17.6. The van der Waals surface area contributed by atoms with Gasteiger partial charge in [0.25, 0.3) is 0 Å². The minimum atomic E-state index is -0.373. The van der Waals surface area contributed by atoms with Gasteiger partial charge in [0.2, 0.25) is 5.91 Å². The summed E-state index contributed by atoms with van der Waals surface area (Å²) in [5.74, 6) is 0.892. The van der Waals surface area contributed by atoms with E-state index in [9.17, 15) is 15.1 Å². The lowest BCUT2D eigenvalue weighted by Crippen LogP contribution is -2.38. The van der Waals surface area contributed by atoms with Crippen molar-refractivity contribution in [3.8, 4) is 0 Å². The van der Waals surface area contributed by atoms with Gasteiger partial charge in [0.15, 0.2) is 0 Å². The van der Waals surface area contributed by atoms with Crippen molar-refractivity contribution >= 4 is 11.6 Å². The first-order valence-corrected chi connectivity index (χ1v) is 14.4. The predicted octanol–water partition coefficient (Wildman–Crippen LogP) is 6.83. The topological polar surface area (TPSA) is 86.0 Å². The van der Waals surface area contributed by atoms with Crippen LogP contribution in [0.15, 0.2) is 41.8 Å². The van der Waals surface area contributed by atoms with E-state index in [1.165, 1.54) is 0 Å². The van der Waals surface area contributed by atoms with Gasteiger partial charge in [-0.2, -0.15) is 0 Å². The number of aromatic nitrogens is 1. The van der Waals surface area contributed by atoms with Crippen molar-refractivity contribution < 1.29 is 15.1 Å². The number of hydrogen-bond acceptors (Lipinski definition) is 5. The van der Waals surface area contributed by atoms with E-state index in [4.69, 9.17) is 0 Å². The van der Waals surface area contributed by atoms with Gasteiger partial charge in [0.05, 0.1) is 17.9 Å². The molecule has 0 bridgehead atoms. The molecule has 6 heteroatoms. The Morgan fingerprint density at radius 1 is 1.19 bits per heavy atom. The van der Waals surface area contributed by atoms with E-state index >= 15 is 0 Å². The second-order valence-electron chi connectivity index (χ2n) is 10.7. The molecule has 3 rings (SSSR count). The Morgan fingerprint density at radius 3 is 2.83 bits per heavy atom. The van der Waals surface area contributed by atoms with Gasteiger partial charge in [0.1, 0.15) is 0 Å². The monoisotopic (exact) mass is 497 g/mol. The van der Waals surface area contributed by atoms with E-state index in [2.05, 4.69) is 34.1 Å². The number of carbonyl (C=O) groups is 1. The minimum absolute atomic E-state index is 0.175. The average molecular weight is 498 g/mol. The van der Waals surface area contributed by atoms with Gasteiger partial charge < -0.3 is 15.2 Å². The summed E-state index contributed by atoms with van der Waals surface area (Å²) in [6.45, 7) is 3.03. The Labute approximate surface area is 217 Å². The van der Waals surface area contributed by atoms with Gasteiger partial charge in [0, 0.05) is 31.3 Å². The zero-order chi connectivity index (χ0) is 25.6. The van der Waals surface area contributed by atoms with Crippen LogP contribution in [0.25, 0.3) is 0 Å². The normalized spacial score (nSPS) is 24.6. The third-order valence-corrected chi connectivity index (χ3v) is 8.04. The molecule has 4 atom stereocenters. The van der Waals surface area contributed by atoms with Crippen LogP contribution in [0.1, 0.15) is 115 Å². The number of rotatable bonds is 14. The second-order valence-corrected chi connectivity index (χ2v) is 10.7. The molecule has 2 fully saturated rings. The number of nitrogens with zero attached hydrogens (tertiary/aromatic N) is 3. The Kier molecular flexibility index (Phi) is 12.5. The highest BCUT2D eigenvalue weighted by Crippen LogP contribution is 2.35. The van der Waals surface area contributed by atoms with E-state index < -0.39 is 0 Å². The molecular weight excluding hydrogens is 450 g/mol. The first-order valence-electron chi connectivity index (χ1n) is 14.4. The van der Waals surface area contributed by atoms with Gasteiger partial charge >= 0.3 is 0 Å². The predicted molar refractivity (Wildman–Crippen MR) is 145 cm³/mol. The zero-order valence-corrected chi connectivity index (χ0v) is 22.2. The summed E-state index contributed by atoms with van der Waals surface area (Å²) in [4.78, 5) is 19.3. The largest absolute Gasteiger partial charge is 0.411 e. The molecule has 1 aliphatic heterocycles. The van der Waals surface area contributed by atoms with Crippen LogP contribution in [0.2, 0.25) is 0 Å². The number of hydrogen-bond donors (Lipinski definition) is 2. The van der Waals surface area contributed by atoms with Gasteiger partial charge in [-0.15, -0.1) is 0 Å². The highest BCUT2D eigenvalue weighted by atomic mass is 16.4. The molecule has 200 valence electrons. The van der Waals surface area contributed by atoms with Crippen molar-refractivity contribution in [1.29, 1.82) is 0 Å². The van der Waals surface area contributed by atoms with E-state index in [1.54, 1.807) is 6.20 Å². The number of oxime groups is 1. The number of carbonyl (C=O) groups excluding carboxylic acids is 1. The van der Waals surface area contributed by atoms with Crippen molar-refractivity contribution in [3.05, 3.63) is 42.2 Å². The fourth-order valence-electron chi connectivity index (χ4n) is 5.94. The maximum atomic E-state index is 13.0. The molecule has 6 nitrogen and oxygen atoms in total. The van der Waals surface area contributed by atoms with Crippen molar-refractivity contribution in [2.75, 3.05) is 6.54 Å². The smallest absolute Gasteiger partial charge is 0.223 e. The summed E-state index contributed by atoms with van der Waals surface area (Å²) in [5, 5.41) is 23.3. The lowest BCUT2D eigenvalue weighted by molar-refractivity contribution is -0.135. The van der Waals surface area contributed by atoms with Gasteiger partial charge in [-0.05, 0) is 68.9 Å². The molecule has 36 heavy (non-hydrogen) atoms. The second kappa shape index (κ2) is 15.8. The molecule has 1 amide bonds. The van der Waals surface area contributed by atoms with Crippen LogP contribution in [-0.2, 0) is 4.79 Å². The van der Waals surface area contributed by atoms with Gasteiger partial charge in [-0.1, -0.05) is 68.8 Å². The Hall–Kier alpha value is -2.21. The summed E-state index contributed by atoms with van der Waals surface area (Å²) in [6, 6.07) is 4.22. The maximum Gasteiger partial charge on any atom is 0.223 e. The van der Waals surface area contributed by atoms with Crippen molar-refractivity contribution in [2.45, 2.75) is 115 Å². The summed E-state index contributed by atoms with van der Waals surface area (Å²) < 4.78 is 0. The fraction of sp³-hybridized carbons (Fsp3) is 0.700. The molecule has 1 saturated carbocycles. The number of likely N-dealkylation sites (tertiary alicyclic amines) is 1. The summed E-state index contributed by atoms with van der Waals surface area (Å²) >= 11 is 0. The number of unbranched alkanes of at least 4 members (excludes halogenated alkanes) is 5. The average Bonchev–Trinajstić information content (AvgIpc) is 3.31. The molecule has 4 unspecified atom stereocenters. The third-order valence-electron chi connectivity index (χ3n) is 8.04. The number of amides is 1. The summed E-state index contributed by atoms with van der Waals surface area (Å²) in [5.41, 5.74) is 2.06.